The van der Waals surface area contributed by atoms with Crippen LogP contribution in [0.15, 0.2) is 42.5 Å². The Kier molecular flexibility index (Phi) is 6.31. The van der Waals surface area contributed by atoms with Gasteiger partial charge in [-0.2, -0.15) is 0 Å². The molecule has 0 saturated carbocycles. The fourth-order valence-corrected chi connectivity index (χ4v) is 7.02. The molecule has 3 fully saturated rings. The summed E-state index contributed by atoms with van der Waals surface area (Å²) in [7, 11) is 0. The largest absolute Gasteiger partial charge is 0.466 e. The van der Waals surface area contributed by atoms with Crippen molar-refractivity contribution in [3.05, 3.63) is 42.5 Å². The molecular weight excluding hydrogens is 472 g/mol. The lowest BCUT2D eigenvalue weighted by atomic mass is 9.62. The first-order valence-corrected chi connectivity index (χ1v) is 13.2. The Morgan fingerprint density at radius 3 is 2.57 bits per heavy atom. The number of carbonyl (C=O) groups is 3. The zero-order valence-corrected chi connectivity index (χ0v) is 22.1. The normalized spacial score (nSPS) is 33.2. The van der Waals surface area contributed by atoms with Gasteiger partial charge in [0.25, 0.3) is 0 Å². The van der Waals surface area contributed by atoms with Gasteiger partial charge in [0.05, 0.1) is 30.8 Å². The second-order valence-corrected chi connectivity index (χ2v) is 11.2. The number of nitrogens with zero attached hydrogens (tertiary/aromatic N) is 1. The number of fused-ring (bicyclic) bond motifs is 2. The minimum Gasteiger partial charge on any atom is -0.466 e. The van der Waals surface area contributed by atoms with Gasteiger partial charge in [0.1, 0.15) is 17.6 Å². The van der Waals surface area contributed by atoms with E-state index in [-0.39, 0.29) is 36.9 Å². The first-order chi connectivity index (χ1) is 17.6. The summed E-state index contributed by atoms with van der Waals surface area (Å²) in [4.78, 5) is 43.0. The van der Waals surface area contributed by atoms with E-state index in [9.17, 15) is 19.5 Å². The van der Waals surface area contributed by atoms with Crippen molar-refractivity contribution < 1.29 is 29.0 Å². The molecular formula is C29H36N2O6. The lowest BCUT2D eigenvalue weighted by molar-refractivity contribution is -0.162. The number of nitrogens with one attached hydrogen (secondary N) is 1. The van der Waals surface area contributed by atoms with Crippen molar-refractivity contribution in [2.24, 2.45) is 23.7 Å². The van der Waals surface area contributed by atoms with Gasteiger partial charge in [-0.25, -0.2) is 0 Å². The monoisotopic (exact) mass is 508 g/mol. The molecule has 7 atom stereocenters. The lowest BCUT2D eigenvalue weighted by Gasteiger charge is -2.38. The molecule has 5 rings (SSSR count). The van der Waals surface area contributed by atoms with Crippen molar-refractivity contribution in [3.8, 4) is 0 Å². The minimum absolute atomic E-state index is 0.0755. The van der Waals surface area contributed by atoms with Crippen LogP contribution in [0.4, 0.5) is 5.69 Å². The highest BCUT2D eigenvalue weighted by Crippen LogP contribution is 2.65. The molecule has 2 N–H and O–H groups in total. The fraction of sp³-hybridized carbons (Fsp3) is 0.552. The first kappa shape index (κ1) is 25.7. The van der Waals surface area contributed by atoms with Gasteiger partial charge in [-0.05, 0) is 55.0 Å². The molecule has 0 radical (unpaired) electrons. The van der Waals surface area contributed by atoms with Crippen molar-refractivity contribution in [3.63, 3.8) is 0 Å². The number of anilines is 1. The van der Waals surface area contributed by atoms with E-state index in [0.29, 0.717) is 12.1 Å². The van der Waals surface area contributed by atoms with Crippen LogP contribution in [0.1, 0.15) is 41.0 Å². The van der Waals surface area contributed by atoms with Gasteiger partial charge < -0.3 is 24.8 Å². The molecule has 3 saturated heterocycles. The minimum atomic E-state index is -1.19. The van der Waals surface area contributed by atoms with Crippen molar-refractivity contribution >= 4 is 34.2 Å². The topological polar surface area (TPSA) is 105 Å². The maximum atomic E-state index is 14.1. The van der Waals surface area contributed by atoms with Crippen LogP contribution in [-0.2, 0) is 23.9 Å². The molecule has 3 heterocycles. The van der Waals surface area contributed by atoms with Gasteiger partial charge in [0.15, 0.2) is 0 Å². The predicted molar refractivity (Wildman–Crippen MR) is 139 cm³/mol. The van der Waals surface area contributed by atoms with Crippen molar-refractivity contribution in [2.75, 3.05) is 18.5 Å². The van der Waals surface area contributed by atoms with E-state index in [1.165, 1.54) is 4.90 Å². The predicted octanol–water partition coefficient (Wildman–Crippen LogP) is 3.37. The maximum absolute atomic E-state index is 14.1. The highest BCUT2D eigenvalue weighted by molar-refractivity contribution is 6.04. The smallest absolute Gasteiger partial charge is 0.312 e. The molecule has 0 aromatic heterocycles. The number of hydrogen-bond donors (Lipinski definition) is 2. The second kappa shape index (κ2) is 9.10. The molecule has 3 unspecified atom stereocenters. The molecule has 2 aromatic carbocycles. The highest BCUT2D eigenvalue weighted by Gasteiger charge is 2.80. The number of rotatable bonds is 7. The maximum Gasteiger partial charge on any atom is 0.312 e. The van der Waals surface area contributed by atoms with Gasteiger partial charge in [0.2, 0.25) is 11.8 Å². The summed E-state index contributed by atoms with van der Waals surface area (Å²) in [5, 5.41) is 15.4. The Bertz CT molecular complexity index is 1250. The van der Waals surface area contributed by atoms with Crippen LogP contribution in [0.2, 0.25) is 0 Å². The van der Waals surface area contributed by atoms with Crippen LogP contribution in [-0.4, -0.2) is 64.3 Å². The molecule has 3 aliphatic heterocycles. The SMILES string of the molecule is CCOC(=O)[C@@H]1[C@H]2C(=O)N([C@@H](CO)C(C)C)C(C(=O)Nc3ccc4ccccc4c3)C23CC(C)[C@@]1(C)O3. The standard InChI is InChI=1S/C29H36N2O6/c1-6-36-27(35)23-22-26(34)31(21(15-32)16(2)3)24(29(22)14-17(4)28(23,5)37-29)25(33)30-20-12-11-18-9-7-8-10-19(18)13-20/h7-13,16-17,21-24,32H,6,14-15H2,1-5H3,(H,30,33)/t17?,21-,22-,23-,24?,28+,29?/m0/s1. The Hall–Kier alpha value is -2.97. The van der Waals surface area contributed by atoms with Gasteiger partial charge in [-0.3, -0.25) is 14.4 Å². The van der Waals surface area contributed by atoms with Crippen molar-refractivity contribution in [2.45, 2.75) is 64.3 Å². The van der Waals surface area contributed by atoms with Crippen LogP contribution in [0.25, 0.3) is 10.8 Å². The molecule has 0 aliphatic carbocycles. The number of hydrogen-bond acceptors (Lipinski definition) is 6. The van der Waals surface area contributed by atoms with E-state index in [2.05, 4.69) is 5.32 Å². The third-order valence-electron chi connectivity index (χ3n) is 8.87. The molecule has 198 valence electrons. The number of esters is 1. The molecule has 37 heavy (non-hydrogen) atoms. The van der Waals surface area contributed by atoms with Crippen LogP contribution in [0.5, 0.6) is 0 Å². The van der Waals surface area contributed by atoms with Gasteiger partial charge in [-0.1, -0.05) is 51.1 Å². The van der Waals surface area contributed by atoms with Crippen LogP contribution in [0.3, 0.4) is 0 Å². The summed E-state index contributed by atoms with van der Waals surface area (Å²) in [6.45, 7) is 9.28. The molecule has 8 nitrogen and oxygen atoms in total. The third kappa shape index (κ3) is 3.67. The second-order valence-electron chi connectivity index (χ2n) is 11.2. The Balaban J connectivity index is 1.59. The van der Waals surface area contributed by atoms with E-state index in [1.54, 1.807) is 6.92 Å². The van der Waals surface area contributed by atoms with Crippen LogP contribution in [0, 0.1) is 23.7 Å². The number of carbonyl (C=O) groups excluding carboxylic acids is 3. The van der Waals surface area contributed by atoms with E-state index in [1.807, 2.05) is 70.2 Å². The average Bonchev–Trinajstić information content (AvgIpc) is 3.36. The van der Waals surface area contributed by atoms with Gasteiger partial charge in [0, 0.05) is 5.69 Å². The van der Waals surface area contributed by atoms with Crippen LogP contribution >= 0.6 is 0 Å². The summed E-state index contributed by atoms with van der Waals surface area (Å²) in [6, 6.07) is 11.9. The lowest BCUT2D eigenvalue weighted by Crippen LogP contribution is -2.57. The number of aliphatic hydroxyl groups is 1. The quantitative estimate of drug-likeness (QED) is 0.556. The number of aliphatic hydroxyl groups excluding tert-OH is 1. The van der Waals surface area contributed by atoms with Crippen molar-refractivity contribution in [1.82, 2.24) is 4.90 Å². The van der Waals surface area contributed by atoms with E-state index < -0.39 is 41.1 Å². The number of benzene rings is 2. The molecule has 2 bridgehead atoms. The molecule has 2 aromatic rings. The average molecular weight is 509 g/mol. The Morgan fingerprint density at radius 1 is 1.22 bits per heavy atom. The summed E-state index contributed by atoms with van der Waals surface area (Å²) >= 11 is 0. The van der Waals surface area contributed by atoms with Gasteiger partial charge >= 0.3 is 5.97 Å². The van der Waals surface area contributed by atoms with Crippen molar-refractivity contribution in [1.29, 1.82) is 0 Å². The number of ether oxygens (including phenoxy) is 2. The molecule has 2 amide bonds. The summed E-state index contributed by atoms with van der Waals surface area (Å²) < 4.78 is 12.1. The highest BCUT2D eigenvalue weighted by atomic mass is 16.6. The number of likely N-dealkylation sites (tertiary alicyclic amines) is 1. The fourth-order valence-electron chi connectivity index (χ4n) is 7.02. The summed E-state index contributed by atoms with van der Waals surface area (Å²) in [6.07, 6.45) is 0.457. The third-order valence-corrected chi connectivity index (χ3v) is 8.87. The van der Waals surface area contributed by atoms with E-state index >= 15 is 0 Å². The zero-order chi connectivity index (χ0) is 26.7. The Labute approximate surface area is 217 Å². The summed E-state index contributed by atoms with van der Waals surface area (Å²) in [5.41, 5.74) is -1.51. The van der Waals surface area contributed by atoms with E-state index in [0.717, 1.165) is 10.8 Å². The number of amides is 2. The first-order valence-electron chi connectivity index (χ1n) is 13.2. The Morgan fingerprint density at radius 2 is 1.92 bits per heavy atom. The van der Waals surface area contributed by atoms with Gasteiger partial charge in [-0.15, -0.1) is 0 Å². The zero-order valence-electron chi connectivity index (χ0n) is 22.1. The van der Waals surface area contributed by atoms with E-state index in [4.69, 9.17) is 9.47 Å². The molecule has 1 spiro atoms. The molecule has 8 heteroatoms. The summed E-state index contributed by atoms with van der Waals surface area (Å²) in [5.74, 6) is -3.06. The molecule has 3 aliphatic rings. The van der Waals surface area contributed by atoms with Crippen LogP contribution < -0.4 is 5.32 Å².